The van der Waals surface area contributed by atoms with E-state index >= 15 is 0 Å². The second kappa shape index (κ2) is 11.1. The van der Waals surface area contributed by atoms with E-state index in [1.165, 1.54) is 20.3 Å². The number of carbonyl (C=O) groups excluding carboxylic acids is 1. The van der Waals surface area contributed by atoms with Crippen molar-refractivity contribution >= 4 is 12.1 Å². The fourth-order valence-electron chi connectivity index (χ4n) is 5.53. The number of carbonyl (C=O) groups is 2. The molecule has 0 saturated carbocycles. The lowest BCUT2D eigenvalue weighted by Crippen LogP contribution is -2.69. The van der Waals surface area contributed by atoms with Crippen molar-refractivity contribution in [1.82, 2.24) is 0 Å². The topological polar surface area (TPSA) is 82.1 Å². The third kappa shape index (κ3) is 4.82. The highest BCUT2D eigenvalue weighted by atomic mass is 19.1. The number of hydrogen-bond donors (Lipinski definition) is 1. The van der Waals surface area contributed by atoms with Gasteiger partial charge >= 0.3 is 12.1 Å². The number of quaternary nitrogens is 1. The Kier molecular flexibility index (Phi) is 7.90. The first-order chi connectivity index (χ1) is 17.9. The molecule has 4 rings (SSSR count). The molecule has 0 aliphatic carbocycles. The quantitative estimate of drug-likeness (QED) is 0.304. The van der Waals surface area contributed by atoms with Crippen molar-refractivity contribution in [2.45, 2.75) is 37.6 Å². The van der Waals surface area contributed by atoms with Gasteiger partial charge in [-0.05, 0) is 30.3 Å². The Bertz CT molecular complexity index is 1230. The predicted molar refractivity (Wildman–Crippen MR) is 134 cm³/mol. The van der Waals surface area contributed by atoms with Crippen molar-refractivity contribution in [3.63, 3.8) is 0 Å². The summed E-state index contributed by atoms with van der Waals surface area (Å²) in [4.78, 5) is 26.5. The lowest BCUT2D eigenvalue weighted by molar-refractivity contribution is -0.927. The number of rotatable bonds is 9. The normalized spacial score (nSPS) is 22.9. The van der Waals surface area contributed by atoms with Gasteiger partial charge in [0.2, 0.25) is 5.54 Å². The van der Waals surface area contributed by atoms with E-state index in [-0.39, 0.29) is 32.0 Å². The zero-order chi connectivity index (χ0) is 26.5. The van der Waals surface area contributed by atoms with Gasteiger partial charge in [0.25, 0.3) is 0 Å². The minimum absolute atomic E-state index is 0.0673. The van der Waals surface area contributed by atoms with E-state index in [1.807, 2.05) is 42.5 Å². The third-order valence-electron chi connectivity index (χ3n) is 7.31. The van der Waals surface area contributed by atoms with E-state index in [1.54, 1.807) is 30.3 Å². The summed E-state index contributed by atoms with van der Waals surface area (Å²) in [6.07, 6.45) is -0.413. The van der Waals surface area contributed by atoms with Crippen LogP contribution in [-0.2, 0) is 27.4 Å². The average Bonchev–Trinajstić information content (AvgIpc) is 3.24. The Balaban J connectivity index is 1.71. The molecule has 1 heterocycles. The van der Waals surface area contributed by atoms with Crippen molar-refractivity contribution in [2.24, 2.45) is 0 Å². The van der Waals surface area contributed by atoms with E-state index in [2.05, 4.69) is 0 Å². The summed E-state index contributed by atoms with van der Waals surface area (Å²) in [7, 11) is 2.73. The molecular formula is C29H31FNO6+. The number of halogens is 1. The minimum Gasteiger partial charge on any atom is -0.489 e. The van der Waals surface area contributed by atoms with Crippen LogP contribution in [0.4, 0.5) is 9.18 Å². The summed E-state index contributed by atoms with van der Waals surface area (Å²) in [5.41, 5.74) is 0.536. The standard InChI is InChI=1S/C29H30FNO6/c1-35-20-29(27(32)36-2)17-16-26(31(29,28(33)34)18-21-8-4-3-5-9-21)22-12-14-24(15-13-22)37-19-23-10-6-7-11-25(23)30/h3-15,26H,16-20H2,1-2H3/p+1/t26-,29-,31?/m1/s1. The first-order valence-electron chi connectivity index (χ1n) is 12.1. The number of benzene rings is 3. The van der Waals surface area contributed by atoms with Crippen LogP contribution in [0, 0.1) is 5.82 Å². The van der Waals surface area contributed by atoms with E-state index in [0.29, 0.717) is 17.7 Å². The van der Waals surface area contributed by atoms with Gasteiger partial charge in [-0.25, -0.2) is 9.18 Å². The van der Waals surface area contributed by atoms with Gasteiger partial charge in [-0.3, -0.25) is 0 Å². The number of ether oxygens (including phenoxy) is 3. The molecule has 0 radical (unpaired) electrons. The molecule has 1 saturated heterocycles. The van der Waals surface area contributed by atoms with Crippen LogP contribution in [0.5, 0.6) is 5.75 Å². The summed E-state index contributed by atoms with van der Waals surface area (Å²) in [6.45, 7) is 0.0435. The Hall–Kier alpha value is -3.75. The summed E-state index contributed by atoms with van der Waals surface area (Å²) >= 11 is 0. The Morgan fingerprint density at radius 1 is 1.00 bits per heavy atom. The smallest absolute Gasteiger partial charge is 0.489 e. The van der Waals surface area contributed by atoms with E-state index in [4.69, 9.17) is 14.2 Å². The van der Waals surface area contributed by atoms with Crippen molar-refractivity contribution in [3.05, 3.63) is 101 Å². The van der Waals surface area contributed by atoms with Crippen molar-refractivity contribution in [2.75, 3.05) is 20.8 Å². The van der Waals surface area contributed by atoms with E-state index in [9.17, 15) is 19.1 Å². The van der Waals surface area contributed by atoms with Gasteiger partial charge in [-0.2, -0.15) is 9.28 Å². The van der Waals surface area contributed by atoms with Crippen LogP contribution in [0.3, 0.4) is 0 Å². The number of amides is 1. The molecule has 0 bridgehead atoms. The predicted octanol–water partition coefficient (Wildman–Crippen LogP) is 5.49. The number of methoxy groups -OCH3 is 2. The molecule has 1 aliphatic rings. The molecule has 7 nitrogen and oxygen atoms in total. The summed E-state index contributed by atoms with van der Waals surface area (Å²) in [6, 6.07) is 22.2. The number of nitrogens with zero attached hydrogens (tertiary/aromatic N) is 1. The van der Waals surface area contributed by atoms with Crippen LogP contribution in [0.25, 0.3) is 0 Å². The minimum atomic E-state index is -1.43. The molecule has 0 spiro atoms. The third-order valence-corrected chi connectivity index (χ3v) is 7.31. The van der Waals surface area contributed by atoms with Crippen LogP contribution < -0.4 is 4.74 Å². The fourth-order valence-corrected chi connectivity index (χ4v) is 5.53. The van der Waals surface area contributed by atoms with E-state index in [0.717, 1.165) is 11.1 Å². The molecule has 8 heteroatoms. The monoisotopic (exact) mass is 508 g/mol. The highest BCUT2D eigenvalue weighted by Gasteiger charge is 2.70. The van der Waals surface area contributed by atoms with Gasteiger partial charge in [-0.15, -0.1) is 0 Å². The molecular weight excluding hydrogens is 477 g/mol. The molecule has 37 heavy (non-hydrogen) atoms. The fraction of sp³-hybridized carbons (Fsp3) is 0.310. The molecule has 3 atom stereocenters. The van der Waals surface area contributed by atoms with Crippen molar-refractivity contribution in [1.29, 1.82) is 0 Å². The highest BCUT2D eigenvalue weighted by molar-refractivity contribution is 5.82. The van der Waals surface area contributed by atoms with Gasteiger partial charge in [-0.1, -0.05) is 48.5 Å². The SMILES string of the molecule is COC[C@@]1(C(=O)OC)CC[C@H](c2ccc(OCc3ccccc3F)cc2)[N+]1(Cc1ccccc1)C(=O)O. The zero-order valence-corrected chi connectivity index (χ0v) is 20.9. The van der Waals surface area contributed by atoms with Crippen LogP contribution >= 0.6 is 0 Å². The lowest BCUT2D eigenvalue weighted by atomic mass is 9.93. The Labute approximate surface area is 215 Å². The van der Waals surface area contributed by atoms with Gasteiger partial charge in [0.05, 0.1) is 7.11 Å². The zero-order valence-electron chi connectivity index (χ0n) is 20.9. The highest BCUT2D eigenvalue weighted by Crippen LogP contribution is 2.52. The Morgan fingerprint density at radius 3 is 2.30 bits per heavy atom. The van der Waals surface area contributed by atoms with Crippen LogP contribution in [0.15, 0.2) is 78.9 Å². The van der Waals surface area contributed by atoms with E-state index < -0.39 is 28.1 Å². The number of carboxylic acid groups (broad SMARTS) is 1. The van der Waals surface area contributed by atoms with Gasteiger partial charge in [0, 0.05) is 36.6 Å². The molecule has 1 N–H and O–H groups in total. The molecule has 1 unspecified atom stereocenters. The molecule has 1 aliphatic heterocycles. The van der Waals surface area contributed by atoms with Gasteiger partial charge in [0.15, 0.2) is 0 Å². The molecule has 0 aromatic heterocycles. The van der Waals surface area contributed by atoms with Crippen molar-refractivity contribution in [3.8, 4) is 5.75 Å². The maximum atomic E-state index is 13.9. The average molecular weight is 509 g/mol. The molecule has 3 aromatic rings. The van der Waals surface area contributed by atoms with Crippen LogP contribution in [0.2, 0.25) is 0 Å². The van der Waals surface area contributed by atoms with Crippen molar-refractivity contribution < 1.29 is 37.8 Å². The maximum absolute atomic E-state index is 13.9. The first kappa shape index (κ1) is 26.3. The number of esters is 1. The van der Waals surface area contributed by atoms with Crippen LogP contribution in [-0.4, -0.2) is 48.0 Å². The molecule has 1 amide bonds. The second-order valence-corrected chi connectivity index (χ2v) is 9.25. The summed E-state index contributed by atoms with van der Waals surface area (Å²) in [5.74, 6) is -0.426. The molecule has 3 aromatic carbocycles. The largest absolute Gasteiger partial charge is 0.515 e. The maximum Gasteiger partial charge on any atom is 0.515 e. The summed E-state index contributed by atoms with van der Waals surface area (Å²) in [5, 5.41) is 10.8. The number of hydrogen-bond acceptors (Lipinski definition) is 5. The van der Waals surface area contributed by atoms with Crippen LogP contribution in [0.1, 0.15) is 35.6 Å². The first-order valence-corrected chi connectivity index (χ1v) is 12.1. The van der Waals surface area contributed by atoms with Gasteiger partial charge in [0.1, 0.15) is 37.4 Å². The second-order valence-electron chi connectivity index (χ2n) is 9.25. The molecule has 1 fully saturated rings. The van der Waals surface area contributed by atoms with Gasteiger partial charge < -0.3 is 19.3 Å². The lowest BCUT2D eigenvalue weighted by Gasteiger charge is -2.45. The number of likely N-dealkylation sites (tertiary alicyclic amines) is 1. The Morgan fingerprint density at radius 2 is 1.68 bits per heavy atom. The molecule has 194 valence electrons. The summed E-state index contributed by atoms with van der Waals surface area (Å²) < 4.78 is 29.8.